The Hall–Kier alpha value is -3.19. The maximum Gasteiger partial charge on any atom is 0.416 e. The van der Waals surface area contributed by atoms with Gasteiger partial charge in [-0.15, -0.1) is 0 Å². The molecular weight excluding hydrogens is 455 g/mol. The first-order valence-electron chi connectivity index (χ1n) is 9.31. The number of ether oxygens (including phenoxy) is 1. The molecule has 1 amide bonds. The Morgan fingerprint density at radius 2 is 1.69 bits per heavy atom. The third-order valence-electron chi connectivity index (χ3n) is 4.80. The molecule has 1 saturated heterocycles. The third kappa shape index (κ3) is 5.34. The molecule has 9 nitrogen and oxygen atoms in total. The molecule has 3 rings (SSSR count). The van der Waals surface area contributed by atoms with E-state index in [0.717, 1.165) is 16.4 Å². The summed E-state index contributed by atoms with van der Waals surface area (Å²) in [6, 6.07) is 8.57. The molecule has 2 aromatic rings. The second-order valence-corrected chi connectivity index (χ2v) is 8.79. The summed E-state index contributed by atoms with van der Waals surface area (Å²) in [6.45, 7) is -0.321. The minimum atomic E-state index is -4.57. The Bertz CT molecular complexity index is 1100. The topological polar surface area (TPSA) is 110 Å². The van der Waals surface area contributed by atoms with Gasteiger partial charge in [0.1, 0.15) is 5.75 Å². The molecule has 0 radical (unpaired) electrons. The number of nitrogens with zero attached hydrogens (tertiary/aromatic N) is 3. The van der Waals surface area contributed by atoms with Crippen molar-refractivity contribution >= 4 is 21.6 Å². The van der Waals surface area contributed by atoms with E-state index < -0.39 is 32.6 Å². The predicted molar refractivity (Wildman–Crippen MR) is 105 cm³/mol. The molecule has 0 saturated carbocycles. The monoisotopic (exact) mass is 473 g/mol. The number of piperazine rings is 1. The van der Waals surface area contributed by atoms with Crippen LogP contribution >= 0.6 is 0 Å². The molecule has 1 aliphatic heterocycles. The van der Waals surface area contributed by atoms with E-state index in [9.17, 15) is 36.5 Å². The summed E-state index contributed by atoms with van der Waals surface area (Å²) >= 11 is 0. The van der Waals surface area contributed by atoms with E-state index in [4.69, 9.17) is 4.74 Å². The zero-order valence-electron chi connectivity index (χ0n) is 16.5. The normalized spacial score (nSPS) is 15.4. The lowest BCUT2D eigenvalue weighted by Crippen LogP contribution is -2.51. The molecule has 1 heterocycles. The van der Waals surface area contributed by atoms with Crippen molar-refractivity contribution in [3.05, 3.63) is 64.2 Å². The van der Waals surface area contributed by atoms with Crippen LogP contribution in [0.25, 0.3) is 0 Å². The molecule has 0 aromatic heterocycles. The number of benzene rings is 2. The van der Waals surface area contributed by atoms with Crippen LogP contribution in [0.1, 0.15) is 5.56 Å². The average molecular weight is 473 g/mol. The Kier molecular flexibility index (Phi) is 6.69. The standard InChI is InChI=1S/C19H18F3N3O6S/c20-19(21,22)14-4-6-17(7-5-14)32(29,30)24-10-8-23(9-11-24)18(26)13-31-16-3-1-2-15(12-16)25(27)28/h1-7,12H,8-11,13H2. The molecule has 172 valence electrons. The van der Waals surface area contributed by atoms with E-state index in [1.165, 1.54) is 29.2 Å². The minimum absolute atomic E-state index is 0.0358. The number of non-ortho nitro benzene ring substituents is 1. The summed E-state index contributed by atoms with van der Waals surface area (Å²) in [7, 11) is -4.01. The Labute approximate surface area is 181 Å². The molecule has 1 fully saturated rings. The molecule has 0 aliphatic carbocycles. The van der Waals surface area contributed by atoms with Crippen molar-refractivity contribution in [3.63, 3.8) is 0 Å². The Balaban J connectivity index is 1.56. The molecule has 13 heteroatoms. The second kappa shape index (κ2) is 9.12. The number of hydrogen-bond acceptors (Lipinski definition) is 6. The summed E-state index contributed by atoms with van der Waals surface area (Å²) in [4.78, 5) is 23.7. The summed E-state index contributed by atoms with van der Waals surface area (Å²) in [5, 5.41) is 10.8. The van der Waals surface area contributed by atoms with Gasteiger partial charge in [-0.1, -0.05) is 6.07 Å². The van der Waals surface area contributed by atoms with Crippen molar-refractivity contribution in [2.45, 2.75) is 11.1 Å². The highest BCUT2D eigenvalue weighted by Gasteiger charge is 2.33. The molecule has 32 heavy (non-hydrogen) atoms. The zero-order chi connectivity index (χ0) is 23.5. The maximum atomic E-state index is 12.7. The SMILES string of the molecule is O=C(COc1cccc([N+](=O)[O-])c1)N1CCN(S(=O)(=O)c2ccc(C(F)(F)F)cc2)CC1. The van der Waals surface area contributed by atoms with Crippen molar-refractivity contribution in [2.75, 3.05) is 32.8 Å². The predicted octanol–water partition coefficient (Wildman–Crippen LogP) is 2.53. The first-order chi connectivity index (χ1) is 15.0. The van der Waals surface area contributed by atoms with Gasteiger partial charge in [0.2, 0.25) is 10.0 Å². The fraction of sp³-hybridized carbons (Fsp3) is 0.316. The minimum Gasteiger partial charge on any atom is -0.484 e. The van der Waals surface area contributed by atoms with Gasteiger partial charge in [-0.2, -0.15) is 17.5 Å². The lowest BCUT2D eigenvalue weighted by atomic mass is 10.2. The fourth-order valence-corrected chi connectivity index (χ4v) is 4.49. The van der Waals surface area contributed by atoms with Crippen LogP contribution in [0.15, 0.2) is 53.4 Å². The molecule has 2 aromatic carbocycles. The molecule has 0 N–H and O–H groups in total. The fourth-order valence-electron chi connectivity index (χ4n) is 3.07. The number of amides is 1. The van der Waals surface area contributed by atoms with Gasteiger partial charge in [-0.05, 0) is 30.3 Å². The van der Waals surface area contributed by atoms with Crippen LogP contribution in [0.5, 0.6) is 5.75 Å². The van der Waals surface area contributed by atoms with Crippen LogP contribution in [0.3, 0.4) is 0 Å². The zero-order valence-corrected chi connectivity index (χ0v) is 17.3. The Morgan fingerprint density at radius 1 is 1.06 bits per heavy atom. The van der Waals surface area contributed by atoms with Gasteiger partial charge in [0.15, 0.2) is 6.61 Å². The molecule has 1 aliphatic rings. The van der Waals surface area contributed by atoms with Crippen molar-refractivity contribution in [3.8, 4) is 5.75 Å². The lowest BCUT2D eigenvalue weighted by molar-refractivity contribution is -0.384. The van der Waals surface area contributed by atoms with Crippen molar-refractivity contribution in [1.29, 1.82) is 0 Å². The highest BCUT2D eigenvalue weighted by atomic mass is 32.2. The van der Waals surface area contributed by atoms with E-state index in [-0.39, 0.29) is 49.1 Å². The number of rotatable bonds is 6. The molecule has 0 atom stereocenters. The molecule has 0 spiro atoms. The van der Waals surface area contributed by atoms with Crippen LogP contribution in [0.4, 0.5) is 18.9 Å². The van der Waals surface area contributed by atoms with Gasteiger partial charge in [-0.25, -0.2) is 8.42 Å². The van der Waals surface area contributed by atoms with Gasteiger partial charge in [0, 0.05) is 32.2 Å². The highest BCUT2D eigenvalue weighted by Crippen LogP contribution is 2.30. The van der Waals surface area contributed by atoms with Crippen LogP contribution in [-0.2, 0) is 21.0 Å². The Morgan fingerprint density at radius 3 is 2.25 bits per heavy atom. The summed E-state index contributed by atoms with van der Waals surface area (Å²) in [6.07, 6.45) is -4.57. The molecular formula is C19H18F3N3O6S. The maximum absolute atomic E-state index is 12.7. The second-order valence-electron chi connectivity index (χ2n) is 6.85. The van der Waals surface area contributed by atoms with Crippen LogP contribution in [-0.4, -0.2) is 61.2 Å². The third-order valence-corrected chi connectivity index (χ3v) is 6.71. The van der Waals surface area contributed by atoms with Crippen LogP contribution in [0.2, 0.25) is 0 Å². The first kappa shape index (κ1) is 23.5. The van der Waals surface area contributed by atoms with E-state index in [1.807, 2.05) is 0 Å². The van der Waals surface area contributed by atoms with Crippen molar-refractivity contribution < 1.29 is 36.0 Å². The van der Waals surface area contributed by atoms with Gasteiger partial charge < -0.3 is 9.64 Å². The van der Waals surface area contributed by atoms with E-state index in [0.29, 0.717) is 12.1 Å². The molecule has 0 unspecified atom stereocenters. The summed E-state index contributed by atoms with van der Waals surface area (Å²) < 4.78 is 69.8. The number of hydrogen-bond donors (Lipinski definition) is 0. The van der Waals surface area contributed by atoms with Gasteiger partial charge in [0.05, 0.1) is 21.4 Å². The smallest absolute Gasteiger partial charge is 0.416 e. The van der Waals surface area contributed by atoms with Crippen LogP contribution < -0.4 is 4.74 Å². The molecule has 0 bridgehead atoms. The number of alkyl halides is 3. The first-order valence-corrected chi connectivity index (χ1v) is 10.7. The lowest BCUT2D eigenvalue weighted by Gasteiger charge is -2.34. The van der Waals surface area contributed by atoms with E-state index >= 15 is 0 Å². The number of carbonyl (C=O) groups excluding carboxylic acids is 1. The quantitative estimate of drug-likeness (QED) is 0.471. The number of carbonyl (C=O) groups is 1. The number of nitro benzene ring substituents is 1. The number of halogens is 3. The van der Waals surface area contributed by atoms with Gasteiger partial charge in [0.25, 0.3) is 11.6 Å². The van der Waals surface area contributed by atoms with Crippen LogP contribution in [0, 0.1) is 10.1 Å². The van der Waals surface area contributed by atoms with Crippen molar-refractivity contribution in [2.24, 2.45) is 0 Å². The number of nitro groups is 1. The van der Waals surface area contributed by atoms with E-state index in [1.54, 1.807) is 0 Å². The van der Waals surface area contributed by atoms with E-state index in [2.05, 4.69) is 0 Å². The van der Waals surface area contributed by atoms with Gasteiger partial charge >= 0.3 is 6.18 Å². The summed E-state index contributed by atoms with van der Waals surface area (Å²) in [5.41, 5.74) is -1.13. The van der Waals surface area contributed by atoms with Crippen molar-refractivity contribution in [1.82, 2.24) is 9.21 Å². The van der Waals surface area contributed by atoms with Gasteiger partial charge in [-0.3, -0.25) is 14.9 Å². The largest absolute Gasteiger partial charge is 0.484 e. The highest BCUT2D eigenvalue weighted by molar-refractivity contribution is 7.89. The summed E-state index contributed by atoms with van der Waals surface area (Å²) in [5.74, 6) is -0.279. The average Bonchev–Trinajstić information content (AvgIpc) is 2.77. The number of sulfonamides is 1.